The monoisotopic (exact) mass is 214 g/mol. The van der Waals surface area contributed by atoms with Gasteiger partial charge in [-0.2, -0.15) is 0 Å². The summed E-state index contributed by atoms with van der Waals surface area (Å²) in [6, 6.07) is 6.51. The highest BCUT2D eigenvalue weighted by Crippen LogP contribution is 2.15. The summed E-state index contributed by atoms with van der Waals surface area (Å²) in [5.74, 6) is -0.198. The molecule has 1 rings (SSSR count). The molecule has 0 aliphatic carbocycles. The largest absolute Gasteiger partial charge is 0.207 e. The summed E-state index contributed by atoms with van der Waals surface area (Å²) in [6.07, 6.45) is 0. The highest BCUT2D eigenvalue weighted by atomic mass is 79.9. The molecule has 0 amide bonds. The van der Waals surface area contributed by atoms with E-state index in [0.29, 0.717) is 0 Å². The van der Waals surface area contributed by atoms with Gasteiger partial charge in [0.1, 0.15) is 5.82 Å². The molecular weight excluding hydrogens is 207 g/mol. The van der Waals surface area contributed by atoms with Crippen molar-refractivity contribution >= 4 is 21.5 Å². The standard InChI is InChI=1S/C9H8BrF/c1-7(6-10)8-3-2-4-9(11)5-8/h2-6H,1H3. The first-order valence-electron chi connectivity index (χ1n) is 3.27. The molecule has 11 heavy (non-hydrogen) atoms. The summed E-state index contributed by atoms with van der Waals surface area (Å²) in [4.78, 5) is 1.78. The lowest BCUT2D eigenvalue weighted by Gasteiger charge is -1.98. The van der Waals surface area contributed by atoms with Crippen LogP contribution in [-0.4, -0.2) is 0 Å². The zero-order chi connectivity index (χ0) is 8.27. The van der Waals surface area contributed by atoms with E-state index in [1.165, 1.54) is 12.1 Å². The van der Waals surface area contributed by atoms with Crippen molar-refractivity contribution in [3.8, 4) is 0 Å². The molecule has 1 aromatic carbocycles. The minimum absolute atomic E-state index is 0.198. The fraction of sp³-hybridized carbons (Fsp3) is 0.111. The smallest absolute Gasteiger partial charge is 0.123 e. The van der Waals surface area contributed by atoms with Crippen LogP contribution in [0.15, 0.2) is 29.3 Å². The van der Waals surface area contributed by atoms with Crippen LogP contribution in [0.5, 0.6) is 0 Å². The zero-order valence-corrected chi connectivity index (χ0v) is 7.73. The van der Waals surface area contributed by atoms with E-state index in [1.807, 2.05) is 13.0 Å². The number of hydrogen-bond donors (Lipinski definition) is 0. The minimum atomic E-state index is -0.198. The van der Waals surface area contributed by atoms with Crippen molar-refractivity contribution in [2.75, 3.05) is 0 Å². The Morgan fingerprint density at radius 1 is 1.55 bits per heavy atom. The second-order valence-corrected chi connectivity index (χ2v) is 2.76. The van der Waals surface area contributed by atoms with Crippen LogP contribution in [-0.2, 0) is 0 Å². The Labute approximate surface area is 73.9 Å². The second kappa shape index (κ2) is 3.67. The first kappa shape index (κ1) is 8.47. The molecule has 0 heterocycles. The third kappa shape index (κ3) is 2.15. The van der Waals surface area contributed by atoms with Crippen LogP contribution in [0.25, 0.3) is 5.57 Å². The van der Waals surface area contributed by atoms with Crippen molar-refractivity contribution in [3.05, 3.63) is 40.6 Å². The maximum atomic E-state index is 12.6. The van der Waals surface area contributed by atoms with E-state index in [-0.39, 0.29) is 5.82 Å². The molecule has 2 heteroatoms. The predicted molar refractivity (Wildman–Crippen MR) is 49.0 cm³/mol. The van der Waals surface area contributed by atoms with Gasteiger partial charge in [-0.15, -0.1) is 0 Å². The number of allylic oxidation sites excluding steroid dienone is 1. The maximum absolute atomic E-state index is 12.6. The van der Waals surface area contributed by atoms with Gasteiger partial charge in [-0.3, -0.25) is 0 Å². The van der Waals surface area contributed by atoms with Gasteiger partial charge in [-0.05, 0) is 35.2 Å². The fourth-order valence-corrected chi connectivity index (χ4v) is 1.06. The summed E-state index contributed by atoms with van der Waals surface area (Å²) >= 11 is 3.19. The van der Waals surface area contributed by atoms with Gasteiger partial charge < -0.3 is 0 Å². The molecule has 0 spiro atoms. The highest BCUT2D eigenvalue weighted by Gasteiger charge is 1.95. The average molecular weight is 215 g/mol. The SMILES string of the molecule is CC(=CBr)c1cccc(F)c1. The zero-order valence-electron chi connectivity index (χ0n) is 6.14. The molecule has 58 valence electrons. The minimum Gasteiger partial charge on any atom is -0.207 e. The van der Waals surface area contributed by atoms with Gasteiger partial charge in [0.25, 0.3) is 0 Å². The van der Waals surface area contributed by atoms with Crippen molar-refractivity contribution in [1.82, 2.24) is 0 Å². The van der Waals surface area contributed by atoms with Crippen molar-refractivity contribution in [1.29, 1.82) is 0 Å². The van der Waals surface area contributed by atoms with Crippen LogP contribution in [0.3, 0.4) is 0 Å². The van der Waals surface area contributed by atoms with Gasteiger partial charge in [-0.25, -0.2) is 4.39 Å². The van der Waals surface area contributed by atoms with Gasteiger partial charge in [-0.1, -0.05) is 28.1 Å². The summed E-state index contributed by atoms with van der Waals surface area (Å²) in [6.45, 7) is 1.92. The maximum Gasteiger partial charge on any atom is 0.123 e. The van der Waals surface area contributed by atoms with Crippen LogP contribution in [0.4, 0.5) is 4.39 Å². The van der Waals surface area contributed by atoms with Crippen molar-refractivity contribution in [2.24, 2.45) is 0 Å². The molecule has 0 saturated heterocycles. The van der Waals surface area contributed by atoms with E-state index in [2.05, 4.69) is 15.9 Å². The first-order valence-corrected chi connectivity index (χ1v) is 4.18. The number of hydrogen-bond acceptors (Lipinski definition) is 0. The molecule has 0 bridgehead atoms. The summed E-state index contributed by atoms with van der Waals surface area (Å²) in [5.41, 5.74) is 1.92. The summed E-state index contributed by atoms with van der Waals surface area (Å²) in [5, 5.41) is 0. The van der Waals surface area contributed by atoms with E-state index in [9.17, 15) is 4.39 Å². The Balaban J connectivity index is 3.06. The lowest BCUT2D eigenvalue weighted by atomic mass is 10.1. The Bertz CT molecular complexity index is 279. The van der Waals surface area contributed by atoms with Crippen LogP contribution in [0.1, 0.15) is 12.5 Å². The highest BCUT2D eigenvalue weighted by molar-refractivity contribution is 9.11. The van der Waals surface area contributed by atoms with Crippen LogP contribution < -0.4 is 0 Å². The second-order valence-electron chi connectivity index (χ2n) is 2.30. The third-order valence-corrected chi connectivity index (χ3v) is 2.13. The molecule has 0 fully saturated rings. The van der Waals surface area contributed by atoms with E-state index >= 15 is 0 Å². The quantitative estimate of drug-likeness (QED) is 0.671. The van der Waals surface area contributed by atoms with E-state index in [4.69, 9.17) is 0 Å². The van der Waals surface area contributed by atoms with Gasteiger partial charge in [0.15, 0.2) is 0 Å². The summed E-state index contributed by atoms with van der Waals surface area (Å²) < 4.78 is 12.6. The molecule has 0 aliphatic heterocycles. The van der Waals surface area contributed by atoms with E-state index < -0.39 is 0 Å². The average Bonchev–Trinajstić information content (AvgIpc) is 2.03. The fourth-order valence-electron chi connectivity index (χ4n) is 0.797. The lowest BCUT2D eigenvalue weighted by molar-refractivity contribution is 0.627. The Hall–Kier alpha value is -0.630. The molecule has 0 unspecified atom stereocenters. The predicted octanol–water partition coefficient (Wildman–Crippen LogP) is 3.58. The molecule has 0 atom stereocenters. The van der Waals surface area contributed by atoms with Gasteiger partial charge in [0, 0.05) is 0 Å². The number of rotatable bonds is 1. The van der Waals surface area contributed by atoms with Crippen molar-refractivity contribution < 1.29 is 4.39 Å². The molecule has 0 saturated carbocycles. The van der Waals surface area contributed by atoms with Gasteiger partial charge in [0.05, 0.1) is 0 Å². The number of benzene rings is 1. The van der Waals surface area contributed by atoms with E-state index in [0.717, 1.165) is 11.1 Å². The third-order valence-electron chi connectivity index (χ3n) is 1.44. The van der Waals surface area contributed by atoms with Crippen molar-refractivity contribution in [2.45, 2.75) is 6.92 Å². The molecule has 0 nitrogen and oxygen atoms in total. The molecule has 0 aromatic heterocycles. The molecule has 0 radical (unpaired) electrons. The summed E-state index contributed by atoms with van der Waals surface area (Å²) in [7, 11) is 0. The van der Waals surface area contributed by atoms with Crippen molar-refractivity contribution in [3.63, 3.8) is 0 Å². The lowest BCUT2D eigenvalue weighted by Crippen LogP contribution is -1.79. The van der Waals surface area contributed by atoms with Gasteiger partial charge >= 0.3 is 0 Å². The molecule has 0 aliphatic rings. The Morgan fingerprint density at radius 2 is 2.27 bits per heavy atom. The normalized spacial score (nSPS) is 11.7. The number of halogens is 2. The van der Waals surface area contributed by atoms with Crippen LogP contribution in [0.2, 0.25) is 0 Å². The topological polar surface area (TPSA) is 0 Å². The Morgan fingerprint density at radius 3 is 2.82 bits per heavy atom. The molecular formula is C9H8BrF. The van der Waals surface area contributed by atoms with Gasteiger partial charge in [0.2, 0.25) is 0 Å². The first-order chi connectivity index (χ1) is 5.24. The van der Waals surface area contributed by atoms with E-state index in [1.54, 1.807) is 11.1 Å². The van der Waals surface area contributed by atoms with Crippen LogP contribution >= 0.6 is 15.9 Å². The molecule has 1 aromatic rings. The van der Waals surface area contributed by atoms with Crippen LogP contribution in [0, 0.1) is 5.82 Å². The Kier molecular flexibility index (Phi) is 2.83. The molecule has 0 N–H and O–H groups in total.